The summed E-state index contributed by atoms with van der Waals surface area (Å²) in [5.74, 6) is -0.990. The summed E-state index contributed by atoms with van der Waals surface area (Å²) in [6.45, 7) is 0. The SMILES string of the molecule is O=C(O)C1=C(O)CC(c2ccccc2)n2c1nc1ccccc12. The van der Waals surface area contributed by atoms with E-state index < -0.39 is 5.97 Å². The van der Waals surface area contributed by atoms with E-state index in [1.165, 1.54) is 0 Å². The lowest BCUT2D eigenvalue weighted by molar-refractivity contribution is -0.130. The van der Waals surface area contributed by atoms with Crippen molar-refractivity contribution in [1.29, 1.82) is 0 Å². The van der Waals surface area contributed by atoms with E-state index in [0.717, 1.165) is 16.6 Å². The highest BCUT2D eigenvalue weighted by atomic mass is 16.4. The van der Waals surface area contributed by atoms with Crippen LogP contribution in [0.5, 0.6) is 0 Å². The Morgan fingerprint density at radius 3 is 2.52 bits per heavy atom. The molecule has 0 amide bonds. The summed E-state index contributed by atoms with van der Waals surface area (Å²) in [4.78, 5) is 16.0. The lowest BCUT2D eigenvalue weighted by atomic mass is 9.96. The number of carboxylic acid groups (broad SMARTS) is 1. The van der Waals surface area contributed by atoms with Gasteiger partial charge in [-0.05, 0) is 17.7 Å². The van der Waals surface area contributed by atoms with Crippen molar-refractivity contribution in [3.05, 3.63) is 71.7 Å². The van der Waals surface area contributed by atoms with Gasteiger partial charge < -0.3 is 14.8 Å². The van der Waals surface area contributed by atoms with Crippen LogP contribution in [-0.2, 0) is 4.79 Å². The van der Waals surface area contributed by atoms with E-state index in [9.17, 15) is 15.0 Å². The van der Waals surface area contributed by atoms with Crippen molar-refractivity contribution in [2.45, 2.75) is 12.5 Å². The van der Waals surface area contributed by atoms with Gasteiger partial charge in [0, 0.05) is 6.42 Å². The van der Waals surface area contributed by atoms with E-state index >= 15 is 0 Å². The molecule has 0 spiro atoms. The number of aliphatic hydroxyl groups excluding tert-OH is 1. The molecular weight excluding hydrogens is 292 g/mol. The van der Waals surface area contributed by atoms with Crippen LogP contribution in [0.15, 0.2) is 60.4 Å². The lowest BCUT2D eigenvalue weighted by Gasteiger charge is -2.26. The van der Waals surface area contributed by atoms with Crippen LogP contribution in [0.2, 0.25) is 0 Å². The second kappa shape index (κ2) is 4.98. The van der Waals surface area contributed by atoms with Crippen molar-refractivity contribution < 1.29 is 15.0 Å². The number of carbonyl (C=O) groups is 1. The molecule has 0 aliphatic carbocycles. The number of hydrogen-bond acceptors (Lipinski definition) is 3. The topological polar surface area (TPSA) is 75.3 Å². The maximum Gasteiger partial charge on any atom is 0.342 e. The first kappa shape index (κ1) is 13.6. The van der Waals surface area contributed by atoms with Crippen LogP contribution >= 0.6 is 0 Å². The Bertz CT molecular complexity index is 941. The quantitative estimate of drug-likeness (QED) is 0.761. The van der Waals surface area contributed by atoms with Crippen molar-refractivity contribution in [1.82, 2.24) is 9.55 Å². The predicted octanol–water partition coefficient (Wildman–Crippen LogP) is 3.38. The maximum absolute atomic E-state index is 11.6. The average molecular weight is 306 g/mol. The summed E-state index contributed by atoms with van der Waals surface area (Å²) >= 11 is 0. The lowest BCUT2D eigenvalue weighted by Crippen LogP contribution is -2.22. The van der Waals surface area contributed by atoms with Crippen LogP contribution in [0, 0.1) is 0 Å². The number of allylic oxidation sites excluding steroid dienone is 1. The number of nitrogens with zero attached hydrogens (tertiary/aromatic N) is 2. The van der Waals surface area contributed by atoms with Gasteiger partial charge in [0.05, 0.1) is 17.1 Å². The molecule has 1 aliphatic rings. The van der Waals surface area contributed by atoms with Crippen molar-refractivity contribution >= 4 is 22.6 Å². The van der Waals surface area contributed by atoms with Crippen LogP contribution in [0.25, 0.3) is 16.6 Å². The van der Waals surface area contributed by atoms with E-state index in [4.69, 9.17) is 0 Å². The zero-order valence-electron chi connectivity index (χ0n) is 12.2. The van der Waals surface area contributed by atoms with Gasteiger partial charge in [-0.25, -0.2) is 9.78 Å². The van der Waals surface area contributed by atoms with Crippen molar-refractivity contribution in [3.8, 4) is 0 Å². The van der Waals surface area contributed by atoms with Gasteiger partial charge in [-0.1, -0.05) is 42.5 Å². The number of carboxylic acids is 1. The molecule has 0 fully saturated rings. The Balaban J connectivity index is 2.04. The first-order valence-corrected chi connectivity index (χ1v) is 7.34. The molecule has 0 saturated carbocycles. The predicted molar refractivity (Wildman–Crippen MR) is 86.1 cm³/mol. The highest BCUT2D eigenvalue weighted by Crippen LogP contribution is 2.38. The number of hydrogen-bond donors (Lipinski definition) is 2. The first-order valence-electron chi connectivity index (χ1n) is 7.34. The number of benzene rings is 2. The van der Waals surface area contributed by atoms with Gasteiger partial charge >= 0.3 is 5.97 Å². The molecule has 2 heterocycles. The second-order valence-electron chi connectivity index (χ2n) is 5.55. The molecule has 0 radical (unpaired) electrons. The molecule has 1 aliphatic heterocycles. The Hall–Kier alpha value is -3.08. The third kappa shape index (κ3) is 2.01. The number of para-hydroxylation sites is 2. The summed E-state index contributed by atoms with van der Waals surface area (Å²) in [5.41, 5.74) is 2.47. The van der Waals surface area contributed by atoms with Gasteiger partial charge in [0.25, 0.3) is 0 Å². The monoisotopic (exact) mass is 306 g/mol. The van der Waals surface area contributed by atoms with Gasteiger partial charge in [0.2, 0.25) is 0 Å². The molecule has 1 unspecified atom stereocenters. The normalized spacial score (nSPS) is 17.3. The molecule has 0 bridgehead atoms. The molecular formula is C18H14N2O3. The maximum atomic E-state index is 11.6. The third-order valence-corrected chi connectivity index (χ3v) is 4.20. The number of fused-ring (bicyclic) bond motifs is 3. The summed E-state index contributed by atoms with van der Waals surface area (Å²) in [7, 11) is 0. The van der Waals surface area contributed by atoms with Crippen LogP contribution < -0.4 is 0 Å². The Kier molecular flexibility index (Phi) is 2.94. The molecule has 1 atom stereocenters. The minimum atomic E-state index is -1.16. The van der Waals surface area contributed by atoms with Crippen LogP contribution in [0.4, 0.5) is 0 Å². The molecule has 4 rings (SSSR count). The fraction of sp³-hybridized carbons (Fsp3) is 0.111. The molecule has 1 aromatic heterocycles. The Labute approximate surface area is 132 Å². The number of aromatic nitrogens is 2. The second-order valence-corrected chi connectivity index (χ2v) is 5.55. The Morgan fingerprint density at radius 1 is 1.09 bits per heavy atom. The van der Waals surface area contributed by atoms with Crippen molar-refractivity contribution in [2.24, 2.45) is 0 Å². The molecule has 2 N–H and O–H groups in total. The van der Waals surface area contributed by atoms with Gasteiger partial charge in [0.1, 0.15) is 11.3 Å². The van der Waals surface area contributed by atoms with Gasteiger partial charge in [-0.15, -0.1) is 0 Å². The minimum Gasteiger partial charge on any atom is -0.511 e. The standard InChI is InChI=1S/C18H14N2O3/c21-15-10-14(11-6-2-1-3-7-11)20-13-9-5-4-8-12(13)19-17(20)16(15)18(22)23/h1-9,14,21H,10H2,(H,22,23). The van der Waals surface area contributed by atoms with Crippen LogP contribution in [-0.4, -0.2) is 25.7 Å². The van der Waals surface area contributed by atoms with Gasteiger partial charge in [-0.2, -0.15) is 0 Å². The fourth-order valence-electron chi connectivity index (χ4n) is 3.20. The molecule has 5 heteroatoms. The number of rotatable bonds is 2. The van der Waals surface area contributed by atoms with Gasteiger partial charge in [-0.3, -0.25) is 0 Å². The molecule has 0 saturated heterocycles. The molecule has 3 aromatic rings. The van der Waals surface area contributed by atoms with Crippen molar-refractivity contribution in [3.63, 3.8) is 0 Å². The number of imidazole rings is 1. The fourth-order valence-corrected chi connectivity index (χ4v) is 3.20. The highest BCUT2D eigenvalue weighted by molar-refractivity contribution is 6.15. The van der Waals surface area contributed by atoms with Crippen LogP contribution in [0.1, 0.15) is 23.9 Å². The third-order valence-electron chi connectivity index (χ3n) is 4.20. The molecule has 23 heavy (non-hydrogen) atoms. The van der Waals surface area contributed by atoms with E-state index in [1.54, 1.807) is 0 Å². The Morgan fingerprint density at radius 2 is 1.78 bits per heavy atom. The first-order chi connectivity index (χ1) is 11.2. The summed E-state index contributed by atoms with van der Waals surface area (Å²) < 4.78 is 1.91. The van der Waals surface area contributed by atoms with E-state index in [1.807, 2.05) is 59.2 Å². The average Bonchev–Trinajstić information content (AvgIpc) is 2.93. The van der Waals surface area contributed by atoms with E-state index in [-0.39, 0.29) is 23.8 Å². The van der Waals surface area contributed by atoms with Crippen LogP contribution in [0.3, 0.4) is 0 Å². The number of aliphatic hydroxyl groups is 1. The minimum absolute atomic E-state index is 0.117. The summed E-state index contributed by atoms with van der Waals surface area (Å²) in [6.07, 6.45) is 0.235. The van der Waals surface area contributed by atoms with Crippen molar-refractivity contribution in [2.75, 3.05) is 0 Å². The summed E-state index contributed by atoms with van der Waals surface area (Å²) in [5, 5.41) is 19.8. The summed E-state index contributed by atoms with van der Waals surface area (Å²) in [6, 6.07) is 17.1. The molecule has 5 nitrogen and oxygen atoms in total. The van der Waals surface area contributed by atoms with Gasteiger partial charge in [0.15, 0.2) is 5.82 Å². The molecule has 114 valence electrons. The highest BCUT2D eigenvalue weighted by Gasteiger charge is 2.33. The zero-order chi connectivity index (χ0) is 16.0. The zero-order valence-corrected chi connectivity index (χ0v) is 12.2. The van der Waals surface area contributed by atoms with E-state index in [0.29, 0.717) is 5.82 Å². The molecule has 2 aromatic carbocycles. The number of aliphatic carboxylic acids is 1. The van der Waals surface area contributed by atoms with E-state index in [2.05, 4.69) is 4.98 Å². The smallest absolute Gasteiger partial charge is 0.342 e. The largest absolute Gasteiger partial charge is 0.511 e.